The Bertz CT molecular complexity index is 6270. The molecule has 6 aromatic heterocycles. The third-order valence-electron chi connectivity index (χ3n) is 18.2. The molecule has 91 heavy (non-hydrogen) atoms. The molecule has 0 atom stereocenters. The van der Waals surface area contributed by atoms with Gasteiger partial charge in [0.05, 0.1) is 50.8 Å². The first-order valence-corrected chi connectivity index (χ1v) is 31.2. The second kappa shape index (κ2) is 19.9. The van der Waals surface area contributed by atoms with Crippen molar-refractivity contribution in [2.45, 2.75) is 0 Å². The minimum Gasteiger partial charge on any atom is -0.455 e. The van der Waals surface area contributed by atoms with Crippen molar-refractivity contribution in [2.24, 2.45) is 0 Å². The fraction of sp³-hybridized carbons (Fsp3) is 0. The summed E-state index contributed by atoms with van der Waals surface area (Å²) in [5, 5.41) is 10.4. The minimum absolute atomic E-state index is 0.397. The molecule has 0 radical (unpaired) electrons. The van der Waals surface area contributed by atoms with Crippen LogP contribution in [0.4, 0.5) is 5.69 Å². The third kappa shape index (κ3) is 7.77. The van der Waals surface area contributed by atoms with E-state index in [1.54, 1.807) is 11.3 Å². The van der Waals surface area contributed by atoms with Gasteiger partial charge in [-0.25, -0.2) is 19.8 Å². The van der Waals surface area contributed by atoms with Crippen LogP contribution >= 0.6 is 11.3 Å². The second-order valence-corrected chi connectivity index (χ2v) is 24.3. The van der Waals surface area contributed by atoms with E-state index in [1.165, 1.54) is 15.5 Å². The van der Waals surface area contributed by atoms with Gasteiger partial charge in [-0.15, -0.1) is 11.3 Å². The van der Waals surface area contributed by atoms with Crippen LogP contribution in [-0.4, -0.2) is 24.1 Å². The van der Waals surface area contributed by atoms with Crippen LogP contribution in [0.25, 0.3) is 191 Å². The second-order valence-electron chi connectivity index (χ2n) is 23.2. The molecule has 19 rings (SSSR count). The summed E-state index contributed by atoms with van der Waals surface area (Å²) in [6, 6.07) is 97.7. The van der Waals surface area contributed by atoms with E-state index in [1.807, 2.05) is 66.7 Å². The lowest BCUT2D eigenvalue weighted by molar-refractivity contribution is 0.672. The molecule has 0 unspecified atom stereocenters. The van der Waals surface area contributed by atoms with Crippen LogP contribution in [0.15, 0.2) is 288 Å². The molecule has 0 aliphatic carbocycles. The van der Waals surface area contributed by atoms with Crippen molar-refractivity contribution < 1.29 is 8.83 Å². The highest BCUT2D eigenvalue weighted by molar-refractivity contribution is 7.25. The molecule has 19 aromatic rings. The van der Waals surface area contributed by atoms with Crippen molar-refractivity contribution in [1.29, 1.82) is 0 Å². The highest BCUT2D eigenvalue weighted by Crippen LogP contribution is 2.53. The average Bonchev–Trinajstić information content (AvgIpc) is 1.58. The van der Waals surface area contributed by atoms with Gasteiger partial charge in [0, 0.05) is 74.7 Å². The lowest BCUT2D eigenvalue weighted by Gasteiger charge is -2.25. The molecule has 0 aliphatic rings. The molecule has 6 heterocycles. The SMILES string of the molecule is [C-]#[N+]c1cc(-c2nc(-c3ccccc3)nc(-c3ccc4c(c3)sc3ccccc34)n2)c(-n2c3ccc(-c4ccccc4)cc3c3c4oc5ccccc5c4ccc32)c(-n2c3ccc(-c4ccccc4)cc3c3c4oc5ccccc5c4ccc32)c1-c1ccccc1. The summed E-state index contributed by atoms with van der Waals surface area (Å²) < 4.78 is 21.3. The monoisotopic (exact) mass is 1180 g/mol. The van der Waals surface area contributed by atoms with Crippen LogP contribution in [-0.2, 0) is 0 Å². The quantitative estimate of drug-likeness (QED) is 0.142. The molecule has 0 fully saturated rings. The Kier molecular flexibility index (Phi) is 11.1. The zero-order valence-corrected chi connectivity index (χ0v) is 49.3. The minimum atomic E-state index is 0.397. The van der Waals surface area contributed by atoms with E-state index in [0.717, 1.165) is 148 Å². The van der Waals surface area contributed by atoms with E-state index in [0.29, 0.717) is 28.7 Å². The summed E-state index contributed by atoms with van der Waals surface area (Å²) in [7, 11) is 0. The highest BCUT2D eigenvalue weighted by atomic mass is 32.1. The Morgan fingerprint density at radius 2 is 0.758 bits per heavy atom. The zero-order valence-electron chi connectivity index (χ0n) is 48.5. The van der Waals surface area contributed by atoms with Crippen molar-refractivity contribution in [3.05, 3.63) is 290 Å². The molecule has 0 N–H and O–H groups in total. The molecule has 0 saturated heterocycles. The molecular weight excluding hydrogens is 1130 g/mol. The lowest BCUT2D eigenvalue weighted by Crippen LogP contribution is -2.10. The van der Waals surface area contributed by atoms with Crippen molar-refractivity contribution >= 4 is 125 Å². The number of thiophene rings is 1. The van der Waals surface area contributed by atoms with Crippen molar-refractivity contribution in [1.82, 2.24) is 24.1 Å². The molecule has 0 saturated carbocycles. The predicted molar refractivity (Wildman–Crippen MR) is 375 cm³/mol. The number of nitrogens with zero attached hydrogens (tertiary/aromatic N) is 6. The molecule has 0 amide bonds. The van der Waals surface area contributed by atoms with E-state index in [2.05, 4.69) is 226 Å². The molecule has 0 aliphatic heterocycles. The first-order valence-electron chi connectivity index (χ1n) is 30.3. The van der Waals surface area contributed by atoms with Gasteiger partial charge in [-0.1, -0.05) is 200 Å². The van der Waals surface area contributed by atoms with E-state index >= 15 is 0 Å². The number of furan rings is 2. The van der Waals surface area contributed by atoms with Gasteiger partial charge in [0.1, 0.15) is 22.3 Å². The van der Waals surface area contributed by atoms with Gasteiger partial charge in [0.25, 0.3) is 0 Å². The first kappa shape index (κ1) is 50.9. The van der Waals surface area contributed by atoms with Crippen LogP contribution in [0.5, 0.6) is 0 Å². The fourth-order valence-electron chi connectivity index (χ4n) is 14.1. The normalized spacial score (nSPS) is 11.9. The van der Waals surface area contributed by atoms with Gasteiger partial charge < -0.3 is 18.0 Å². The maximum Gasteiger partial charge on any atom is 0.197 e. The number of fused-ring (bicyclic) bond motifs is 17. The number of rotatable bonds is 8. The number of hydrogen-bond acceptors (Lipinski definition) is 6. The Labute approximate surface area is 523 Å². The first-order chi connectivity index (χ1) is 45.1. The molecule has 0 bridgehead atoms. The van der Waals surface area contributed by atoms with Crippen molar-refractivity contribution in [3.63, 3.8) is 0 Å². The number of hydrogen-bond donors (Lipinski definition) is 0. The lowest BCUT2D eigenvalue weighted by atomic mass is 9.95. The molecule has 422 valence electrons. The predicted octanol–water partition coefficient (Wildman–Crippen LogP) is 22.8. The Hall–Kier alpha value is -12.2. The van der Waals surface area contributed by atoms with Crippen molar-refractivity contribution in [2.75, 3.05) is 0 Å². The van der Waals surface area contributed by atoms with Gasteiger partial charge in [0.2, 0.25) is 0 Å². The molecule has 9 heteroatoms. The topological polar surface area (TPSA) is 79.2 Å². The Morgan fingerprint density at radius 3 is 1.33 bits per heavy atom. The van der Waals surface area contributed by atoms with Gasteiger partial charge in [-0.05, 0) is 107 Å². The van der Waals surface area contributed by atoms with Gasteiger partial charge >= 0.3 is 0 Å². The average molecular weight is 1180 g/mol. The van der Waals surface area contributed by atoms with Crippen LogP contribution < -0.4 is 0 Å². The van der Waals surface area contributed by atoms with Crippen LogP contribution in [0.1, 0.15) is 0 Å². The maximum absolute atomic E-state index is 9.50. The summed E-state index contributed by atoms with van der Waals surface area (Å²) >= 11 is 1.76. The van der Waals surface area contributed by atoms with Gasteiger partial charge in [-0.2, -0.15) is 0 Å². The molecule has 13 aromatic carbocycles. The molecule has 8 nitrogen and oxygen atoms in total. The van der Waals surface area contributed by atoms with Crippen LogP contribution in [0.3, 0.4) is 0 Å². The zero-order chi connectivity index (χ0) is 59.8. The summed E-state index contributed by atoms with van der Waals surface area (Å²) in [4.78, 5) is 21.3. The Balaban J connectivity index is 1.03. The third-order valence-corrected chi connectivity index (χ3v) is 19.3. The fourth-order valence-corrected chi connectivity index (χ4v) is 15.3. The number of para-hydroxylation sites is 2. The van der Waals surface area contributed by atoms with Gasteiger partial charge in [-0.3, -0.25) is 0 Å². The standard InChI is InChI=1S/C82H46N6O2S/c1-83-64-47-63(82-85-80(51-26-12-5-13-27-51)84-81(86-82)54-34-37-58-57-30-16-19-33-71(57)91-72(58)46-54)76(87-65-40-35-52(48-20-6-2-7-21-48)44-61(65)74-67(87)42-38-59-55-28-14-17-31-69(55)89-78(59)74)77(73(64)50-24-10-4-11-25-50)88-66-41-36-53(49-22-8-3-9-23-49)45-62(66)75-68(88)43-39-60-56-29-15-18-32-70(56)90-79(60)75/h2-47H. The smallest absolute Gasteiger partial charge is 0.197 e. The number of benzene rings is 13. The molecule has 0 spiro atoms. The van der Waals surface area contributed by atoms with E-state index in [4.69, 9.17) is 23.8 Å². The summed E-state index contributed by atoms with van der Waals surface area (Å²) in [6.07, 6.45) is 0. The highest BCUT2D eigenvalue weighted by Gasteiger charge is 2.32. The van der Waals surface area contributed by atoms with E-state index in [9.17, 15) is 6.57 Å². The Morgan fingerprint density at radius 1 is 0.319 bits per heavy atom. The maximum atomic E-state index is 9.50. The van der Waals surface area contributed by atoms with E-state index < -0.39 is 0 Å². The largest absolute Gasteiger partial charge is 0.455 e. The van der Waals surface area contributed by atoms with E-state index in [-0.39, 0.29) is 0 Å². The summed E-state index contributed by atoms with van der Waals surface area (Å²) in [5.74, 6) is 1.40. The summed E-state index contributed by atoms with van der Waals surface area (Å²) in [6.45, 7) is 9.50. The van der Waals surface area contributed by atoms with Gasteiger partial charge in [0.15, 0.2) is 23.2 Å². The number of aromatic nitrogens is 5. The van der Waals surface area contributed by atoms with Crippen LogP contribution in [0, 0.1) is 6.57 Å². The summed E-state index contributed by atoms with van der Waals surface area (Å²) in [5.41, 5.74) is 16.9. The van der Waals surface area contributed by atoms with Crippen LogP contribution in [0.2, 0.25) is 0 Å². The van der Waals surface area contributed by atoms with Crippen molar-refractivity contribution in [3.8, 4) is 78.9 Å². The molecular formula is C82H46N6O2S.